The van der Waals surface area contributed by atoms with Gasteiger partial charge in [-0.2, -0.15) is 0 Å². The second-order valence-electron chi connectivity index (χ2n) is 13.3. The van der Waals surface area contributed by atoms with Crippen molar-refractivity contribution in [2.45, 2.75) is 41.9 Å². The molecule has 7 rings (SSSR count). The minimum absolute atomic E-state index is 0.499. The molecule has 0 fully saturated rings. The van der Waals surface area contributed by atoms with E-state index in [9.17, 15) is 0 Å². The van der Waals surface area contributed by atoms with Crippen molar-refractivity contribution in [2.75, 3.05) is 11.9 Å². The van der Waals surface area contributed by atoms with Gasteiger partial charge < -0.3 is 10.2 Å². The molecule has 5 aromatic rings. The first kappa shape index (κ1) is 34.0. The van der Waals surface area contributed by atoms with Crippen LogP contribution in [0.3, 0.4) is 0 Å². The fourth-order valence-corrected chi connectivity index (χ4v) is 8.27. The van der Waals surface area contributed by atoms with Gasteiger partial charge in [-0.05, 0) is 114 Å². The summed E-state index contributed by atoms with van der Waals surface area (Å²) in [6, 6.07) is 48.0. The molecular formula is C48H44N2S. The number of aryl methyl sites for hydroxylation is 1. The lowest BCUT2D eigenvalue weighted by atomic mass is 9.75. The predicted octanol–water partition coefficient (Wildman–Crippen LogP) is 12.3. The maximum atomic E-state index is 4.49. The van der Waals surface area contributed by atoms with E-state index in [4.69, 9.17) is 0 Å². The second-order valence-corrected chi connectivity index (χ2v) is 14.4. The van der Waals surface area contributed by atoms with Gasteiger partial charge in [0.15, 0.2) is 0 Å². The van der Waals surface area contributed by atoms with E-state index in [1.54, 1.807) is 0 Å². The van der Waals surface area contributed by atoms with E-state index >= 15 is 0 Å². The van der Waals surface area contributed by atoms with E-state index in [0.29, 0.717) is 0 Å². The van der Waals surface area contributed by atoms with Gasteiger partial charge in [0, 0.05) is 45.5 Å². The molecule has 0 saturated heterocycles. The number of nitrogens with zero attached hydrogens (tertiary/aromatic N) is 1. The molecule has 51 heavy (non-hydrogen) atoms. The highest BCUT2D eigenvalue weighted by molar-refractivity contribution is 7.99. The lowest BCUT2D eigenvalue weighted by Gasteiger charge is -2.34. The van der Waals surface area contributed by atoms with Gasteiger partial charge in [0.2, 0.25) is 0 Å². The molecule has 1 unspecified atom stereocenters. The molecule has 0 spiro atoms. The molecule has 1 heterocycles. The number of nitrogens with one attached hydrogen (secondary N) is 1. The maximum Gasteiger partial charge on any atom is 0.0496 e. The average Bonchev–Trinajstić information content (AvgIpc) is 3.18. The van der Waals surface area contributed by atoms with Crippen LogP contribution in [-0.4, -0.2) is 7.05 Å². The molecule has 1 aliphatic carbocycles. The van der Waals surface area contributed by atoms with E-state index in [-0.39, 0.29) is 0 Å². The molecule has 0 saturated carbocycles. The van der Waals surface area contributed by atoms with Crippen molar-refractivity contribution < 1.29 is 0 Å². The highest BCUT2D eigenvalue weighted by Crippen LogP contribution is 2.45. The lowest BCUT2D eigenvalue weighted by Crippen LogP contribution is -2.25. The van der Waals surface area contributed by atoms with Crippen molar-refractivity contribution in [3.8, 4) is 0 Å². The van der Waals surface area contributed by atoms with Crippen LogP contribution in [-0.2, 0) is 5.41 Å². The Morgan fingerprint density at radius 3 is 2.25 bits per heavy atom. The van der Waals surface area contributed by atoms with Crippen LogP contribution in [0.15, 0.2) is 203 Å². The summed E-state index contributed by atoms with van der Waals surface area (Å²) in [4.78, 5) is 4.85. The van der Waals surface area contributed by atoms with Crippen LogP contribution in [0.25, 0.3) is 11.3 Å². The van der Waals surface area contributed by atoms with E-state index < -0.39 is 5.41 Å². The molecule has 1 atom stereocenters. The number of benzene rings is 5. The third-order valence-corrected chi connectivity index (χ3v) is 11.2. The fraction of sp³-hybridized carbons (Fsp3) is 0.125. The van der Waals surface area contributed by atoms with Gasteiger partial charge in [0.05, 0.1) is 0 Å². The van der Waals surface area contributed by atoms with Gasteiger partial charge in [-0.1, -0.05) is 140 Å². The van der Waals surface area contributed by atoms with Gasteiger partial charge >= 0.3 is 0 Å². The van der Waals surface area contributed by atoms with Gasteiger partial charge in [0.25, 0.3) is 0 Å². The van der Waals surface area contributed by atoms with Crippen LogP contribution in [0, 0.1) is 6.92 Å². The van der Waals surface area contributed by atoms with Crippen molar-refractivity contribution in [3.63, 3.8) is 0 Å². The average molecular weight is 681 g/mol. The van der Waals surface area contributed by atoms with Crippen molar-refractivity contribution in [2.24, 2.45) is 0 Å². The van der Waals surface area contributed by atoms with Crippen molar-refractivity contribution >= 4 is 28.7 Å². The summed E-state index contributed by atoms with van der Waals surface area (Å²) in [6.07, 6.45) is 15.3. The molecule has 5 aromatic carbocycles. The lowest BCUT2D eigenvalue weighted by molar-refractivity contribution is 0.704. The van der Waals surface area contributed by atoms with Crippen molar-refractivity contribution in [1.82, 2.24) is 5.32 Å². The van der Waals surface area contributed by atoms with Gasteiger partial charge in [-0.15, -0.1) is 0 Å². The molecule has 252 valence electrons. The molecule has 3 heteroatoms. The van der Waals surface area contributed by atoms with Crippen molar-refractivity contribution in [3.05, 3.63) is 221 Å². The number of allylic oxidation sites excluding steroid dienone is 8. The highest BCUT2D eigenvalue weighted by Gasteiger charge is 2.32. The summed E-state index contributed by atoms with van der Waals surface area (Å²) in [7, 11) is 2.02. The second kappa shape index (κ2) is 15.2. The molecule has 2 nitrogen and oxygen atoms in total. The van der Waals surface area contributed by atoms with E-state index in [2.05, 4.69) is 201 Å². The number of rotatable bonds is 9. The zero-order chi connectivity index (χ0) is 35.2. The molecule has 2 aliphatic rings. The Bertz CT molecular complexity index is 2200. The van der Waals surface area contributed by atoms with Crippen LogP contribution in [0.5, 0.6) is 0 Å². The first-order chi connectivity index (χ1) is 24.9. The standard InChI is InChI=1S/C48H44N2S/c1-35-18-15-16-31-50(45-32-39(29-30-42(35)45)37-20-7-5-8-21-37)41-25-17-24-40(33-41)48(3,34-44(49-4)38-22-9-6-10-23-38)43-26-12-14-28-47(43)51-46-27-13-11-19-36(46)2/h5-28,31-34,49H,1,29-30H2,2-4H3/b18-15-,31-16-,44-34-. The molecule has 0 radical (unpaired) electrons. The summed E-state index contributed by atoms with van der Waals surface area (Å²) < 4.78 is 0. The first-order valence-corrected chi connectivity index (χ1v) is 18.5. The molecule has 1 aliphatic heterocycles. The Balaban J connectivity index is 1.40. The van der Waals surface area contributed by atoms with E-state index in [0.717, 1.165) is 35.4 Å². The zero-order valence-electron chi connectivity index (χ0n) is 29.6. The van der Waals surface area contributed by atoms with Crippen LogP contribution in [0.1, 0.15) is 47.6 Å². The normalized spacial score (nSPS) is 17.1. The number of anilines is 1. The SMILES string of the molecule is C=C1/C=C\C=C/N(c2cccc(C(C)(/C=C(\NC)c3ccccc3)c3ccccc3Sc3ccccc3C)c2)C2=C1CCC(c1ccccc1)=C2. The number of hydrogen-bond acceptors (Lipinski definition) is 3. The Morgan fingerprint density at radius 2 is 1.49 bits per heavy atom. The molecule has 0 aromatic heterocycles. The molecule has 0 amide bonds. The quantitative estimate of drug-likeness (QED) is 0.167. The van der Waals surface area contributed by atoms with Gasteiger partial charge in [-0.3, -0.25) is 0 Å². The predicted molar refractivity (Wildman–Crippen MR) is 219 cm³/mol. The van der Waals surface area contributed by atoms with Gasteiger partial charge in [0.1, 0.15) is 0 Å². The van der Waals surface area contributed by atoms with Crippen molar-refractivity contribution in [1.29, 1.82) is 0 Å². The highest BCUT2D eigenvalue weighted by atomic mass is 32.2. The topological polar surface area (TPSA) is 15.3 Å². The Hall–Kier alpha value is -5.51. The third-order valence-electron chi connectivity index (χ3n) is 9.97. The third kappa shape index (κ3) is 7.22. The molecule has 1 N–H and O–H groups in total. The smallest absolute Gasteiger partial charge is 0.0496 e. The van der Waals surface area contributed by atoms with Crippen LogP contribution >= 0.6 is 11.8 Å². The molecule has 0 bridgehead atoms. The minimum atomic E-state index is -0.499. The van der Waals surface area contributed by atoms with Crippen LogP contribution in [0.4, 0.5) is 5.69 Å². The zero-order valence-corrected chi connectivity index (χ0v) is 30.5. The summed E-state index contributed by atoms with van der Waals surface area (Å²) in [5.41, 5.74) is 12.7. The summed E-state index contributed by atoms with van der Waals surface area (Å²) in [6.45, 7) is 9.04. The van der Waals surface area contributed by atoms with E-state index in [1.807, 2.05) is 18.8 Å². The fourth-order valence-electron chi connectivity index (χ4n) is 7.12. The minimum Gasteiger partial charge on any atom is -0.388 e. The monoisotopic (exact) mass is 680 g/mol. The first-order valence-electron chi connectivity index (χ1n) is 17.7. The largest absolute Gasteiger partial charge is 0.388 e. The summed E-state index contributed by atoms with van der Waals surface area (Å²) in [5.74, 6) is 0. The Kier molecular flexibility index (Phi) is 10.1. The Labute approximate surface area is 308 Å². The Morgan fingerprint density at radius 1 is 0.784 bits per heavy atom. The summed E-state index contributed by atoms with van der Waals surface area (Å²) in [5, 5.41) is 3.55. The van der Waals surface area contributed by atoms with E-state index in [1.165, 1.54) is 48.9 Å². The van der Waals surface area contributed by atoms with Crippen LogP contribution in [0.2, 0.25) is 0 Å². The number of hydrogen-bond donors (Lipinski definition) is 1. The summed E-state index contributed by atoms with van der Waals surface area (Å²) >= 11 is 1.84. The maximum absolute atomic E-state index is 4.49. The van der Waals surface area contributed by atoms with Crippen LogP contribution < -0.4 is 10.2 Å². The van der Waals surface area contributed by atoms with Gasteiger partial charge in [-0.25, -0.2) is 0 Å². The molecular weight excluding hydrogens is 637 g/mol.